The normalized spacial score (nSPS) is 17.2. The van der Waals surface area contributed by atoms with Gasteiger partial charge in [0.2, 0.25) is 5.91 Å². The first-order valence-electron chi connectivity index (χ1n) is 14.8. The van der Waals surface area contributed by atoms with Gasteiger partial charge < -0.3 is 15.5 Å². The first kappa shape index (κ1) is 32.7. The summed E-state index contributed by atoms with van der Waals surface area (Å²) >= 11 is 0. The Labute approximate surface area is 266 Å². The topological polar surface area (TPSA) is 131 Å². The van der Waals surface area contributed by atoms with Crippen molar-refractivity contribution in [1.82, 2.24) is 19.4 Å². The summed E-state index contributed by atoms with van der Waals surface area (Å²) in [4.78, 5) is 39.1. The van der Waals surface area contributed by atoms with Crippen molar-refractivity contribution >= 4 is 38.2 Å². The van der Waals surface area contributed by atoms with Gasteiger partial charge in [-0.25, -0.2) is 22.2 Å². The van der Waals surface area contributed by atoms with E-state index >= 15 is 8.78 Å². The van der Waals surface area contributed by atoms with E-state index in [1.165, 1.54) is 18.2 Å². The summed E-state index contributed by atoms with van der Waals surface area (Å²) in [6.45, 7) is 12.9. The van der Waals surface area contributed by atoms with Crippen LogP contribution in [0.5, 0.6) is 0 Å². The molecule has 1 amide bonds. The molecule has 0 bridgehead atoms. The lowest BCUT2D eigenvalue weighted by Gasteiger charge is -2.45. The number of benzene rings is 1. The molecule has 2 N–H and O–H groups in total. The van der Waals surface area contributed by atoms with E-state index in [1.807, 2.05) is 13.8 Å². The molecule has 0 aliphatic carbocycles. The van der Waals surface area contributed by atoms with E-state index in [9.17, 15) is 18.0 Å². The second kappa shape index (κ2) is 11.9. The standard InChI is InChI=1S/C33H36F2N6O4S/c1-8-25(42)39-15-20(6)40(16-19(39)5)30-21-14-23(35)28(26-22(34)10-9-11-24(26)36)38-32(21)41(33(43)31(30)46(7,44)45)29-18(4)12-13-37-27(29)17(2)3/h8-14,17,19-20H,1,15-16,36H2,2-7H3/t19-,20+/m1/s1. The van der Waals surface area contributed by atoms with Crippen LogP contribution in [0.4, 0.5) is 20.2 Å². The van der Waals surface area contributed by atoms with Crippen LogP contribution in [0.2, 0.25) is 0 Å². The summed E-state index contributed by atoms with van der Waals surface area (Å²) in [7, 11) is -4.27. The lowest BCUT2D eigenvalue weighted by molar-refractivity contribution is -0.128. The van der Waals surface area contributed by atoms with Crippen LogP contribution >= 0.6 is 0 Å². The third-order valence-electron chi connectivity index (χ3n) is 8.34. The number of nitrogens with two attached hydrogens (primary N) is 1. The van der Waals surface area contributed by atoms with Crippen molar-refractivity contribution in [2.24, 2.45) is 0 Å². The molecular formula is C33H36F2N6O4S. The highest BCUT2D eigenvalue weighted by atomic mass is 32.2. The number of nitrogens with zero attached hydrogens (tertiary/aromatic N) is 5. The van der Waals surface area contributed by atoms with Gasteiger partial charge in [-0.15, -0.1) is 0 Å². The number of carbonyl (C=O) groups excluding carboxylic acids is 1. The van der Waals surface area contributed by atoms with Crippen LogP contribution in [-0.4, -0.2) is 65.2 Å². The summed E-state index contributed by atoms with van der Waals surface area (Å²) in [5.74, 6) is -2.30. The molecule has 1 aromatic carbocycles. The quantitative estimate of drug-likeness (QED) is 0.234. The molecule has 0 spiro atoms. The number of aromatic nitrogens is 3. The van der Waals surface area contributed by atoms with Crippen LogP contribution in [0, 0.1) is 18.6 Å². The Morgan fingerprint density at radius 3 is 2.41 bits per heavy atom. The average Bonchev–Trinajstić information content (AvgIpc) is 2.97. The van der Waals surface area contributed by atoms with Gasteiger partial charge in [0.1, 0.15) is 11.5 Å². The van der Waals surface area contributed by atoms with Crippen LogP contribution < -0.4 is 16.2 Å². The maximum absolute atomic E-state index is 16.2. The fourth-order valence-electron chi connectivity index (χ4n) is 6.19. The number of amides is 1. The number of piperazine rings is 1. The molecule has 0 unspecified atom stereocenters. The minimum absolute atomic E-state index is 0.0108. The maximum atomic E-state index is 16.2. The minimum atomic E-state index is -4.27. The molecule has 1 aliphatic heterocycles. The number of hydrogen-bond donors (Lipinski definition) is 1. The molecule has 1 fully saturated rings. The first-order valence-corrected chi connectivity index (χ1v) is 16.7. The Bertz CT molecular complexity index is 2060. The third kappa shape index (κ3) is 5.42. The molecule has 2 atom stereocenters. The van der Waals surface area contributed by atoms with Crippen LogP contribution in [-0.2, 0) is 14.6 Å². The van der Waals surface area contributed by atoms with Crippen molar-refractivity contribution in [3.63, 3.8) is 0 Å². The number of rotatable bonds is 6. The number of carbonyl (C=O) groups is 1. The molecule has 13 heteroatoms. The zero-order chi connectivity index (χ0) is 33.8. The Morgan fingerprint density at radius 1 is 1.11 bits per heavy atom. The Morgan fingerprint density at radius 2 is 1.80 bits per heavy atom. The second-order valence-electron chi connectivity index (χ2n) is 12.0. The number of halogens is 2. The zero-order valence-corrected chi connectivity index (χ0v) is 27.3. The summed E-state index contributed by atoms with van der Waals surface area (Å²) in [6.07, 6.45) is 3.71. The molecule has 0 saturated carbocycles. The molecule has 10 nitrogen and oxygen atoms in total. The number of pyridine rings is 3. The van der Waals surface area contributed by atoms with Gasteiger partial charge in [0, 0.05) is 48.7 Å². The van der Waals surface area contributed by atoms with Crippen LogP contribution in [0.3, 0.4) is 0 Å². The van der Waals surface area contributed by atoms with E-state index < -0.39 is 49.7 Å². The molecule has 3 aromatic heterocycles. The average molecular weight is 651 g/mol. The fourth-order valence-corrected chi connectivity index (χ4v) is 7.17. The minimum Gasteiger partial charge on any atom is -0.398 e. The largest absolute Gasteiger partial charge is 0.398 e. The van der Waals surface area contributed by atoms with E-state index in [1.54, 1.807) is 42.8 Å². The van der Waals surface area contributed by atoms with Gasteiger partial charge in [0.15, 0.2) is 26.2 Å². The molecule has 1 aliphatic rings. The molecule has 0 radical (unpaired) electrons. The third-order valence-corrected chi connectivity index (χ3v) is 9.45. The Hall–Kier alpha value is -4.65. The highest BCUT2D eigenvalue weighted by Gasteiger charge is 2.37. The van der Waals surface area contributed by atoms with Crippen LogP contribution in [0.15, 0.2) is 58.9 Å². The number of anilines is 2. The van der Waals surface area contributed by atoms with Gasteiger partial charge in [0.25, 0.3) is 5.56 Å². The van der Waals surface area contributed by atoms with Gasteiger partial charge in [-0.3, -0.25) is 19.1 Å². The van der Waals surface area contributed by atoms with Crippen molar-refractivity contribution in [3.8, 4) is 16.9 Å². The first-order chi connectivity index (χ1) is 21.6. The van der Waals surface area contributed by atoms with Gasteiger partial charge in [-0.05, 0) is 62.6 Å². The summed E-state index contributed by atoms with van der Waals surface area (Å²) in [5.41, 5.74) is 5.58. The molecular weight excluding hydrogens is 614 g/mol. The van der Waals surface area contributed by atoms with Gasteiger partial charge in [0.05, 0.1) is 22.6 Å². The highest BCUT2D eigenvalue weighted by Crippen LogP contribution is 2.39. The lowest BCUT2D eigenvalue weighted by atomic mass is 10.0. The summed E-state index contributed by atoms with van der Waals surface area (Å²) in [5, 5.41) is 0.0108. The summed E-state index contributed by atoms with van der Waals surface area (Å²) < 4.78 is 59.8. The van der Waals surface area contributed by atoms with Crippen molar-refractivity contribution in [1.29, 1.82) is 0 Å². The summed E-state index contributed by atoms with van der Waals surface area (Å²) in [6, 6.07) is 5.73. The Kier molecular flexibility index (Phi) is 8.49. The van der Waals surface area contributed by atoms with Gasteiger partial charge in [-0.1, -0.05) is 26.5 Å². The maximum Gasteiger partial charge on any atom is 0.277 e. The molecule has 46 heavy (non-hydrogen) atoms. The number of fused-ring (bicyclic) bond motifs is 1. The highest BCUT2D eigenvalue weighted by molar-refractivity contribution is 7.90. The van der Waals surface area contributed by atoms with E-state index in [0.29, 0.717) is 16.9 Å². The van der Waals surface area contributed by atoms with Crippen LogP contribution in [0.25, 0.3) is 28.0 Å². The van der Waals surface area contributed by atoms with Crippen molar-refractivity contribution in [2.75, 3.05) is 30.0 Å². The number of hydrogen-bond acceptors (Lipinski definition) is 8. The molecule has 242 valence electrons. The van der Waals surface area contributed by atoms with Crippen molar-refractivity contribution < 1.29 is 22.0 Å². The lowest BCUT2D eigenvalue weighted by Crippen LogP contribution is -2.58. The SMILES string of the molecule is C=CC(=O)N1C[C@H](C)N(c2c(S(C)(=O)=O)c(=O)n(-c3c(C)ccnc3C(C)C)c3nc(-c4c(N)cccc4F)c(F)cc23)C[C@H]1C. The molecule has 1 saturated heterocycles. The van der Waals surface area contributed by atoms with E-state index in [0.717, 1.165) is 23.0 Å². The van der Waals surface area contributed by atoms with Crippen molar-refractivity contribution in [2.45, 2.75) is 57.5 Å². The smallest absolute Gasteiger partial charge is 0.277 e. The number of aryl methyl sites for hydroxylation is 1. The van der Waals surface area contributed by atoms with E-state index in [2.05, 4.69) is 16.5 Å². The predicted octanol–water partition coefficient (Wildman–Crippen LogP) is 4.76. The molecule has 4 heterocycles. The number of nitrogen functional groups attached to an aromatic ring is 1. The monoisotopic (exact) mass is 650 g/mol. The zero-order valence-electron chi connectivity index (χ0n) is 26.5. The predicted molar refractivity (Wildman–Crippen MR) is 175 cm³/mol. The van der Waals surface area contributed by atoms with Gasteiger partial charge in [-0.2, -0.15) is 0 Å². The Balaban J connectivity index is 2.00. The van der Waals surface area contributed by atoms with Gasteiger partial charge >= 0.3 is 0 Å². The van der Waals surface area contributed by atoms with E-state index in [-0.39, 0.29) is 52.9 Å². The molecule has 4 aromatic rings. The number of sulfone groups is 1. The van der Waals surface area contributed by atoms with Crippen molar-refractivity contribution in [3.05, 3.63) is 82.4 Å². The van der Waals surface area contributed by atoms with E-state index in [4.69, 9.17) is 5.73 Å². The second-order valence-corrected chi connectivity index (χ2v) is 14.0. The fraction of sp³-hybridized carbons (Fsp3) is 0.333. The van der Waals surface area contributed by atoms with Crippen LogP contribution in [0.1, 0.15) is 44.9 Å². The molecule has 5 rings (SSSR count).